The molecule has 0 fully saturated rings. The molecule has 14 heavy (non-hydrogen) atoms. The molecule has 1 rings (SSSR count). The molecule has 0 radical (unpaired) electrons. The Bertz CT molecular complexity index is 341. The van der Waals surface area contributed by atoms with Crippen molar-refractivity contribution in [2.24, 2.45) is 0 Å². The lowest BCUT2D eigenvalue weighted by molar-refractivity contribution is 0.0960. The Kier molecular flexibility index (Phi) is 4.29. The number of halogens is 1. The van der Waals surface area contributed by atoms with Crippen LogP contribution in [0.25, 0.3) is 0 Å². The first-order chi connectivity index (χ1) is 6.69. The molecular weight excluding hydrogens is 218 g/mol. The molecule has 0 heterocycles. The first-order valence-corrected chi connectivity index (χ1v) is 5.69. The molecule has 0 aliphatic rings. The van der Waals surface area contributed by atoms with E-state index in [-0.39, 0.29) is 5.91 Å². The van der Waals surface area contributed by atoms with Crippen LogP contribution in [-0.2, 0) is 0 Å². The number of rotatable bonds is 3. The van der Waals surface area contributed by atoms with E-state index in [9.17, 15) is 4.79 Å². The molecule has 0 saturated heterocycles. The highest BCUT2D eigenvalue weighted by Crippen LogP contribution is 2.25. The summed E-state index contributed by atoms with van der Waals surface area (Å²) in [6.45, 7) is 2.04. The Labute approximate surface area is 93.0 Å². The molecule has 0 saturated carbocycles. The average Bonchev–Trinajstić information content (AvgIpc) is 2.17. The van der Waals surface area contributed by atoms with E-state index in [1.165, 1.54) is 0 Å². The largest absolute Gasteiger partial charge is 0.355 e. The van der Waals surface area contributed by atoms with Crippen molar-refractivity contribution in [3.63, 3.8) is 0 Å². The summed E-state index contributed by atoms with van der Waals surface area (Å²) >= 11 is 7.47. The number of hydrogen-bond acceptors (Lipinski definition) is 2. The zero-order valence-corrected chi connectivity index (χ0v) is 9.71. The van der Waals surface area contributed by atoms with Gasteiger partial charge in [0.05, 0.1) is 5.56 Å². The topological polar surface area (TPSA) is 29.1 Å². The van der Waals surface area contributed by atoms with Gasteiger partial charge in [0.1, 0.15) is 0 Å². The molecule has 1 N–H and O–H groups in total. The SMILES string of the molecule is CCSc1cc(Cl)ccc1C(=O)NC. The van der Waals surface area contributed by atoms with E-state index in [1.54, 1.807) is 30.9 Å². The molecule has 0 aliphatic carbocycles. The highest BCUT2D eigenvalue weighted by atomic mass is 35.5. The zero-order valence-electron chi connectivity index (χ0n) is 8.13. The molecule has 0 bridgehead atoms. The van der Waals surface area contributed by atoms with Crippen LogP contribution in [0.5, 0.6) is 0 Å². The van der Waals surface area contributed by atoms with Crippen LogP contribution in [0, 0.1) is 0 Å². The van der Waals surface area contributed by atoms with Crippen molar-refractivity contribution < 1.29 is 4.79 Å². The summed E-state index contributed by atoms with van der Waals surface area (Å²) in [4.78, 5) is 12.4. The molecule has 4 heteroatoms. The highest BCUT2D eigenvalue weighted by molar-refractivity contribution is 7.99. The van der Waals surface area contributed by atoms with Gasteiger partial charge in [-0.1, -0.05) is 18.5 Å². The summed E-state index contributed by atoms with van der Waals surface area (Å²) in [7, 11) is 1.62. The summed E-state index contributed by atoms with van der Waals surface area (Å²) in [5, 5.41) is 3.26. The minimum absolute atomic E-state index is 0.0717. The van der Waals surface area contributed by atoms with Crippen molar-refractivity contribution in [1.29, 1.82) is 0 Å². The van der Waals surface area contributed by atoms with Crippen molar-refractivity contribution in [3.8, 4) is 0 Å². The van der Waals surface area contributed by atoms with E-state index in [4.69, 9.17) is 11.6 Å². The zero-order chi connectivity index (χ0) is 10.6. The second kappa shape index (κ2) is 5.27. The maximum absolute atomic E-state index is 11.5. The Morgan fingerprint density at radius 1 is 1.57 bits per heavy atom. The highest BCUT2D eigenvalue weighted by Gasteiger charge is 2.09. The van der Waals surface area contributed by atoms with Crippen LogP contribution in [0.2, 0.25) is 5.02 Å². The number of carbonyl (C=O) groups is 1. The first kappa shape index (κ1) is 11.4. The van der Waals surface area contributed by atoms with E-state index < -0.39 is 0 Å². The lowest BCUT2D eigenvalue weighted by Gasteiger charge is -2.06. The molecule has 0 aromatic heterocycles. The number of hydrogen-bond donors (Lipinski definition) is 1. The van der Waals surface area contributed by atoms with Crippen LogP contribution < -0.4 is 5.32 Å². The van der Waals surface area contributed by atoms with Crippen molar-refractivity contribution in [2.45, 2.75) is 11.8 Å². The fourth-order valence-electron chi connectivity index (χ4n) is 1.09. The van der Waals surface area contributed by atoms with Gasteiger partial charge in [0.25, 0.3) is 5.91 Å². The van der Waals surface area contributed by atoms with Gasteiger partial charge in [0.15, 0.2) is 0 Å². The van der Waals surface area contributed by atoms with E-state index >= 15 is 0 Å². The molecule has 0 aliphatic heterocycles. The molecule has 76 valence electrons. The second-order valence-corrected chi connectivity index (χ2v) is 4.39. The van der Waals surface area contributed by atoms with E-state index in [2.05, 4.69) is 5.32 Å². The number of thioether (sulfide) groups is 1. The Morgan fingerprint density at radius 2 is 2.29 bits per heavy atom. The van der Waals surface area contributed by atoms with Crippen LogP contribution in [0.4, 0.5) is 0 Å². The van der Waals surface area contributed by atoms with Crippen LogP contribution in [-0.4, -0.2) is 18.7 Å². The maximum atomic E-state index is 11.5. The Balaban J connectivity index is 3.07. The fourth-order valence-corrected chi connectivity index (χ4v) is 2.17. The number of carbonyl (C=O) groups excluding carboxylic acids is 1. The molecular formula is C10H12ClNOS. The van der Waals surface area contributed by atoms with Crippen molar-refractivity contribution in [1.82, 2.24) is 5.32 Å². The van der Waals surface area contributed by atoms with Gasteiger partial charge < -0.3 is 5.32 Å². The smallest absolute Gasteiger partial charge is 0.252 e. The van der Waals surface area contributed by atoms with Crippen LogP contribution in [0.1, 0.15) is 17.3 Å². The van der Waals surface area contributed by atoms with E-state index in [0.717, 1.165) is 10.6 Å². The third-order valence-electron chi connectivity index (χ3n) is 1.72. The summed E-state index contributed by atoms with van der Waals surface area (Å²) < 4.78 is 0. The van der Waals surface area contributed by atoms with Crippen molar-refractivity contribution in [2.75, 3.05) is 12.8 Å². The second-order valence-electron chi connectivity index (χ2n) is 2.65. The predicted octanol–water partition coefficient (Wildman–Crippen LogP) is 2.81. The molecule has 0 atom stereocenters. The van der Waals surface area contributed by atoms with Gasteiger partial charge in [-0.15, -0.1) is 11.8 Å². The first-order valence-electron chi connectivity index (χ1n) is 4.33. The summed E-state index contributed by atoms with van der Waals surface area (Å²) in [6.07, 6.45) is 0. The molecule has 0 spiro atoms. The van der Waals surface area contributed by atoms with Gasteiger partial charge >= 0.3 is 0 Å². The quantitative estimate of drug-likeness (QED) is 0.808. The Hall–Kier alpha value is -0.670. The van der Waals surface area contributed by atoms with Crippen LogP contribution >= 0.6 is 23.4 Å². The number of nitrogens with one attached hydrogen (secondary N) is 1. The molecule has 1 aromatic rings. The number of amides is 1. The summed E-state index contributed by atoms with van der Waals surface area (Å²) in [5.74, 6) is 0.849. The van der Waals surface area contributed by atoms with Crippen molar-refractivity contribution in [3.05, 3.63) is 28.8 Å². The molecule has 1 amide bonds. The van der Waals surface area contributed by atoms with E-state index in [0.29, 0.717) is 10.6 Å². The van der Waals surface area contributed by atoms with Crippen LogP contribution in [0.3, 0.4) is 0 Å². The third-order valence-corrected chi connectivity index (χ3v) is 2.89. The summed E-state index contributed by atoms with van der Waals surface area (Å²) in [5.41, 5.74) is 0.684. The monoisotopic (exact) mass is 229 g/mol. The predicted molar refractivity (Wildman–Crippen MR) is 61.2 cm³/mol. The normalized spacial score (nSPS) is 9.93. The molecule has 0 unspecified atom stereocenters. The average molecular weight is 230 g/mol. The third kappa shape index (κ3) is 2.66. The lowest BCUT2D eigenvalue weighted by Crippen LogP contribution is -2.18. The summed E-state index contributed by atoms with van der Waals surface area (Å²) in [6, 6.07) is 5.30. The molecule has 1 aromatic carbocycles. The minimum atomic E-state index is -0.0717. The Morgan fingerprint density at radius 3 is 2.86 bits per heavy atom. The van der Waals surface area contributed by atoms with Crippen molar-refractivity contribution >= 4 is 29.3 Å². The fraction of sp³-hybridized carbons (Fsp3) is 0.300. The van der Waals surface area contributed by atoms with Gasteiger partial charge in [-0.25, -0.2) is 0 Å². The van der Waals surface area contributed by atoms with Gasteiger partial charge in [-0.05, 0) is 24.0 Å². The lowest BCUT2D eigenvalue weighted by atomic mass is 10.2. The van der Waals surface area contributed by atoms with Crippen LogP contribution in [0.15, 0.2) is 23.1 Å². The maximum Gasteiger partial charge on any atom is 0.252 e. The van der Waals surface area contributed by atoms with E-state index in [1.807, 2.05) is 13.0 Å². The minimum Gasteiger partial charge on any atom is -0.355 e. The standard InChI is InChI=1S/C10H12ClNOS/c1-3-14-9-6-7(11)4-5-8(9)10(13)12-2/h4-6H,3H2,1-2H3,(H,12,13). The number of benzene rings is 1. The van der Waals surface area contributed by atoms with Gasteiger partial charge in [-0.3, -0.25) is 4.79 Å². The molecule has 2 nitrogen and oxygen atoms in total. The van der Waals surface area contributed by atoms with Gasteiger partial charge in [0, 0.05) is 17.0 Å². The van der Waals surface area contributed by atoms with Gasteiger partial charge in [0.2, 0.25) is 0 Å². The van der Waals surface area contributed by atoms with Gasteiger partial charge in [-0.2, -0.15) is 0 Å².